The SMILES string of the molecule is C/C(=N/N=C(N)N)c1ccc2c(c1)OCO2. The van der Waals surface area contributed by atoms with E-state index in [1.165, 1.54) is 0 Å². The quantitative estimate of drug-likeness (QED) is 0.428. The molecule has 4 N–H and O–H groups in total. The lowest BCUT2D eigenvalue weighted by molar-refractivity contribution is 0.174. The first-order chi connectivity index (χ1) is 7.66. The number of nitrogens with two attached hydrogens (primary N) is 2. The van der Waals surface area contributed by atoms with Crippen LogP contribution in [0.1, 0.15) is 12.5 Å². The Kier molecular flexibility index (Phi) is 2.63. The summed E-state index contributed by atoms with van der Waals surface area (Å²) in [6.07, 6.45) is 0. The molecule has 0 unspecified atom stereocenters. The van der Waals surface area contributed by atoms with Crippen molar-refractivity contribution in [3.05, 3.63) is 23.8 Å². The Balaban J connectivity index is 2.28. The van der Waals surface area contributed by atoms with E-state index in [1.54, 1.807) is 0 Å². The molecule has 0 atom stereocenters. The molecule has 0 fully saturated rings. The van der Waals surface area contributed by atoms with Gasteiger partial charge in [0.1, 0.15) is 0 Å². The molecule has 1 aromatic rings. The van der Waals surface area contributed by atoms with Crippen molar-refractivity contribution in [3.8, 4) is 11.5 Å². The molecule has 0 saturated carbocycles. The highest BCUT2D eigenvalue weighted by atomic mass is 16.7. The molecule has 6 heteroatoms. The second kappa shape index (κ2) is 4.09. The van der Waals surface area contributed by atoms with Gasteiger partial charge in [-0.05, 0) is 25.1 Å². The topological polar surface area (TPSA) is 95.2 Å². The molecule has 1 aliphatic heterocycles. The summed E-state index contributed by atoms with van der Waals surface area (Å²) in [7, 11) is 0. The van der Waals surface area contributed by atoms with Crippen molar-refractivity contribution in [2.75, 3.05) is 6.79 Å². The van der Waals surface area contributed by atoms with Gasteiger partial charge in [0.05, 0.1) is 5.71 Å². The molecule has 1 aliphatic rings. The van der Waals surface area contributed by atoms with E-state index in [0.29, 0.717) is 11.5 Å². The first-order valence-electron chi connectivity index (χ1n) is 4.70. The normalized spacial score (nSPS) is 13.7. The lowest BCUT2D eigenvalue weighted by Crippen LogP contribution is -2.22. The summed E-state index contributed by atoms with van der Waals surface area (Å²) in [5.74, 6) is 1.37. The van der Waals surface area contributed by atoms with E-state index < -0.39 is 0 Å². The van der Waals surface area contributed by atoms with E-state index in [1.807, 2.05) is 25.1 Å². The number of ether oxygens (including phenoxy) is 2. The number of hydrogen-bond acceptors (Lipinski definition) is 4. The molecule has 0 radical (unpaired) electrons. The van der Waals surface area contributed by atoms with Crippen LogP contribution in [0.5, 0.6) is 11.5 Å². The zero-order chi connectivity index (χ0) is 11.5. The zero-order valence-corrected chi connectivity index (χ0v) is 8.80. The van der Waals surface area contributed by atoms with Crippen LogP contribution in [0, 0.1) is 0 Å². The number of nitrogens with zero attached hydrogens (tertiary/aromatic N) is 2. The van der Waals surface area contributed by atoms with Crippen molar-refractivity contribution in [2.24, 2.45) is 21.7 Å². The molecular formula is C10H12N4O2. The van der Waals surface area contributed by atoms with Crippen LogP contribution in [0.3, 0.4) is 0 Å². The highest BCUT2D eigenvalue weighted by molar-refractivity contribution is 5.99. The monoisotopic (exact) mass is 220 g/mol. The largest absolute Gasteiger partial charge is 0.454 e. The van der Waals surface area contributed by atoms with Crippen molar-refractivity contribution in [1.29, 1.82) is 0 Å². The van der Waals surface area contributed by atoms with E-state index in [4.69, 9.17) is 20.9 Å². The second-order valence-electron chi connectivity index (χ2n) is 3.28. The molecule has 2 rings (SSSR count). The molecule has 0 bridgehead atoms. The number of rotatable bonds is 2. The summed E-state index contributed by atoms with van der Waals surface area (Å²) in [6, 6.07) is 5.53. The Morgan fingerprint density at radius 1 is 1.19 bits per heavy atom. The summed E-state index contributed by atoms with van der Waals surface area (Å²) in [5, 5.41) is 7.46. The summed E-state index contributed by atoms with van der Waals surface area (Å²) in [6.45, 7) is 2.06. The number of guanidine groups is 1. The van der Waals surface area contributed by atoms with Crippen LogP contribution >= 0.6 is 0 Å². The van der Waals surface area contributed by atoms with Gasteiger partial charge in [-0.3, -0.25) is 0 Å². The third-order valence-corrected chi connectivity index (χ3v) is 2.11. The first-order valence-corrected chi connectivity index (χ1v) is 4.70. The van der Waals surface area contributed by atoms with Gasteiger partial charge in [0.2, 0.25) is 12.8 Å². The van der Waals surface area contributed by atoms with Crippen LogP contribution in [0.4, 0.5) is 0 Å². The Morgan fingerprint density at radius 2 is 1.94 bits per heavy atom. The van der Waals surface area contributed by atoms with Crippen LogP contribution < -0.4 is 20.9 Å². The number of fused-ring (bicyclic) bond motifs is 1. The fourth-order valence-corrected chi connectivity index (χ4v) is 1.31. The van der Waals surface area contributed by atoms with Gasteiger partial charge in [0.25, 0.3) is 0 Å². The molecular weight excluding hydrogens is 208 g/mol. The molecule has 16 heavy (non-hydrogen) atoms. The predicted octanol–water partition coefficient (Wildman–Crippen LogP) is 0.413. The van der Waals surface area contributed by atoms with E-state index in [-0.39, 0.29) is 12.8 Å². The molecule has 0 amide bonds. The van der Waals surface area contributed by atoms with Crippen LogP contribution in [0.25, 0.3) is 0 Å². The summed E-state index contributed by atoms with van der Waals surface area (Å²) < 4.78 is 10.5. The Hall–Kier alpha value is -2.24. The van der Waals surface area contributed by atoms with Gasteiger partial charge in [0.15, 0.2) is 11.5 Å². The minimum atomic E-state index is -0.0694. The standard InChI is InChI=1S/C10H12N4O2/c1-6(13-14-10(11)12)7-2-3-8-9(4-7)16-5-15-8/h2-4H,5H2,1H3,(H4,11,12,14)/b13-6-. The zero-order valence-electron chi connectivity index (χ0n) is 8.80. The van der Waals surface area contributed by atoms with E-state index >= 15 is 0 Å². The van der Waals surface area contributed by atoms with E-state index in [0.717, 1.165) is 11.3 Å². The van der Waals surface area contributed by atoms with Gasteiger partial charge in [-0.1, -0.05) is 0 Å². The Morgan fingerprint density at radius 3 is 2.69 bits per heavy atom. The molecule has 0 spiro atoms. The van der Waals surface area contributed by atoms with Crippen LogP contribution in [0.15, 0.2) is 28.4 Å². The summed E-state index contributed by atoms with van der Waals surface area (Å²) in [4.78, 5) is 0. The maximum absolute atomic E-state index is 5.25. The van der Waals surface area contributed by atoms with Gasteiger partial charge >= 0.3 is 0 Å². The second-order valence-corrected chi connectivity index (χ2v) is 3.28. The van der Waals surface area contributed by atoms with Crippen molar-refractivity contribution in [1.82, 2.24) is 0 Å². The van der Waals surface area contributed by atoms with Gasteiger partial charge in [-0.2, -0.15) is 5.10 Å². The summed E-state index contributed by atoms with van der Waals surface area (Å²) >= 11 is 0. The molecule has 1 heterocycles. The third kappa shape index (κ3) is 2.05. The van der Waals surface area contributed by atoms with Gasteiger partial charge in [-0.25, -0.2) is 0 Å². The van der Waals surface area contributed by atoms with Gasteiger partial charge in [0, 0.05) is 5.56 Å². The maximum atomic E-state index is 5.25. The maximum Gasteiger partial charge on any atom is 0.231 e. The number of hydrogen-bond donors (Lipinski definition) is 2. The van der Waals surface area contributed by atoms with Crippen molar-refractivity contribution < 1.29 is 9.47 Å². The highest BCUT2D eigenvalue weighted by Gasteiger charge is 2.13. The molecule has 0 aromatic heterocycles. The smallest absolute Gasteiger partial charge is 0.231 e. The molecule has 1 aromatic carbocycles. The van der Waals surface area contributed by atoms with Crippen molar-refractivity contribution >= 4 is 11.7 Å². The van der Waals surface area contributed by atoms with Crippen LogP contribution in [-0.2, 0) is 0 Å². The third-order valence-electron chi connectivity index (χ3n) is 2.11. The van der Waals surface area contributed by atoms with Crippen LogP contribution in [0.2, 0.25) is 0 Å². The van der Waals surface area contributed by atoms with Crippen molar-refractivity contribution in [2.45, 2.75) is 6.92 Å². The number of benzene rings is 1. The average molecular weight is 220 g/mol. The van der Waals surface area contributed by atoms with E-state index in [9.17, 15) is 0 Å². The Labute approximate surface area is 92.6 Å². The van der Waals surface area contributed by atoms with Crippen LogP contribution in [-0.4, -0.2) is 18.5 Å². The van der Waals surface area contributed by atoms with E-state index in [2.05, 4.69) is 10.2 Å². The first kappa shape index (κ1) is 10.3. The Bertz CT molecular complexity index is 464. The predicted molar refractivity (Wildman–Crippen MR) is 60.6 cm³/mol. The average Bonchev–Trinajstić information content (AvgIpc) is 2.72. The molecule has 84 valence electrons. The highest BCUT2D eigenvalue weighted by Crippen LogP contribution is 2.32. The fraction of sp³-hybridized carbons (Fsp3) is 0.200. The summed E-state index contributed by atoms with van der Waals surface area (Å²) in [5.41, 5.74) is 12.0. The minimum Gasteiger partial charge on any atom is -0.454 e. The molecule has 0 saturated heterocycles. The van der Waals surface area contributed by atoms with Gasteiger partial charge < -0.3 is 20.9 Å². The van der Waals surface area contributed by atoms with Gasteiger partial charge in [-0.15, -0.1) is 5.10 Å². The molecule has 0 aliphatic carbocycles. The fourth-order valence-electron chi connectivity index (χ4n) is 1.31. The van der Waals surface area contributed by atoms with Crippen molar-refractivity contribution in [3.63, 3.8) is 0 Å². The lowest BCUT2D eigenvalue weighted by Gasteiger charge is -2.00. The lowest BCUT2D eigenvalue weighted by atomic mass is 10.1. The molecule has 6 nitrogen and oxygen atoms in total. The minimum absolute atomic E-state index is 0.0694.